The summed E-state index contributed by atoms with van der Waals surface area (Å²) in [6.07, 6.45) is 0.755. The van der Waals surface area contributed by atoms with Crippen LogP contribution in [0.15, 0.2) is 30.3 Å². The molecule has 4 heteroatoms. The molecule has 0 unspecified atom stereocenters. The summed E-state index contributed by atoms with van der Waals surface area (Å²) in [4.78, 5) is 12.9. The maximum Gasteiger partial charge on any atom is 0.223 e. The molecule has 2 aromatic rings. The predicted molar refractivity (Wildman–Crippen MR) is 72.2 cm³/mol. The van der Waals surface area contributed by atoms with E-state index in [-0.39, 0.29) is 5.41 Å². The lowest BCUT2D eigenvalue weighted by molar-refractivity contribution is 0.580. The number of nitrogens with zero attached hydrogens (tertiary/aromatic N) is 3. The van der Waals surface area contributed by atoms with Crippen molar-refractivity contribution in [2.45, 2.75) is 32.6 Å². The maximum absolute atomic E-state index is 5.75. The van der Waals surface area contributed by atoms with Crippen LogP contribution in [-0.4, -0.2) is 15.0 Å². The standard InChI is InChI=1S/C14H18N4/c1-4-11-16-12(18-13(15)17-11)14(2,3)10-8-6-5-7-9-10/h5-9H,4H2,1-3H3,(H2,15,16,17,18). The minimum Gasteiger partial charge on any atom is -0.368 e. The number of anilines is 1. The first-order chi connectivity index (χ1) is 8.54. The smallest absolute Gasteiger partial charge is 0.223 e. The van der Waals surface area contributed by atoms with Crippen molar-refractivity contribution in [1.82, 2.24) is 15.0 Å². The zero-order valence-corrected chi connectivity index (χ0v) is 11.0. The Morgan fingerprint density at radius 1 is 1.06 bits per heavy atom. The van der Waals surface area contributed by atoms with Gasteiger partial charge in [-0.2, -0.15) is 9.97 Å². The van der Waals surface area contributed by atoms with Crippen LogP contribution in [0.1, 0.15) is 38.0 Å². The number of benzene rings is 1. The van der Waals surface area contributed by atoms with E-state index in [1.165, 1.54) is 0 Å². The highest BCUT2D eigenvalue weighted by Gasteiger charge is 2.27. The Hall–Kier alpha value is -1.97. The molecule has 0 fully saturated rings. The third kappa shape index (κ3) is 2.32. The Bertz CT molecular complexity index is 535. The van der Waals surface area contributed by atoms with Crippen molar-refractivity contribution in [3.05, 3.63) is 47.5 Å². The van der Waals surface area contributed by atoms with E-state index in [0.717, 1.165) is 23.6 Å². The van der Waals surface area contributed by atoms with Crippen molar-refractivity contribution >= 4 is 5.95 Å². The zero-order valence-electron chi connectivity index (χ0n) is 11.0. The molecule has 0 saturated carbocycles. The van der Waals surface area contributed by atoms with Gasteiger partial charge >= 0.3 is 0 Å². The van der Waals surface area contributed by atoms with Gasteiger partial charge in [-0.15, -0.1) is 0 Å². The number of hydrogen-bond acceptors (Lipinski definition) is 4. The van der Waals surface area contributed by atoms with Crippen LogP contribution in [0.2, 0.25) is 0 Å². The number of nitrogen functional groups attached to an aromatic ring is 1. The topological polar surface area (TPSA) is 64.7 Å². The second kappa shape index (κ2) is 4.72. The minimum absolute atomic E-state index is 0.276. The molecular formula is C14H18N4. The molecule has 0 aliphatic rings. The van der Waals surface area contributed by atoms with Gasteiger partial charge in [0.25, 0.3) is 0 Å². The first-order valence-corrected chi connectivity index (χ1v) is 6.10. The number of nitrogens with two attached hydrogens (primary N) is 1. The zero-order chi connectivity index (χ0) is 13.2. The number of rotatable bonds is 3. The van der Waals surface area contributed by atoms with Gasteiger partial charge in [0.1, 0.15) is 11.6 Å². The quantitative estimate of drug-likeness (QED) is 0.897. The molecule has 2 N–H and O–H groups in total. The lowest BCUT2D eigenvalue weighted by Gasteiger charge is -2.23. The lowest BCUT2D eigenvalue weighted by atomic mass is 9.84. The van der Waals surface area contributed by atoms with Gasteiger partial charge in [0.15, 0.2) is 0 Å². The minimum atomic E-state index is -0.276. The molecule has 0 spiro atoms. The second-order valence-electron chi connectivity index (χ2n) is 4.78. The van der Waals surface area contributed by atoms with E-state index in [2.05, 4.69) is 40.9 Å². The number of aryl methyl sites for hydroxylation is 1. The molecule has 0 aliphatic carbocycles. The van der Waals surface area contributed by atoms with Crippen LogP contribution >= 0.6 is 0 Å². The highest BCUT2D eigenvalue weighted by molar-refractivity contribution is 5.32. The molecule has 0 saturated heterocycles. The monoisotopic (exact) mass is 242 g/mol. The third-order valence-electron chi connectivity index (χ3n) is 3.07. The van der Waals surface area contributed by atoms with Crippen LogP contribution in [0, 0.1) is 0 Å². The predicted octanol–water partition coefficient (Wildman–Crippen LogP) is 2.34. The van der Waals surface area contributed by atoms with E-state index in [9.17, 15) is 0 Å². The van der Waals surface area contributed by atoms with Gasteiger partial charge in [-0.25, -0.2) is 4.98 Å². The highest BCUT2D eigenvalue weighted by atomic mass is 15.1. The summed E-state index contributed by atoms with van der Waals surface area (Å²) in [6.45, 7) is 6.20. The fourth-order valence-electron chi connectivity index (χ4n) is 1.86. The second-order valence-corrected chi connectivity index (χ2v) is 4.78. The normalized spacial score (nSPS) is 11.5. The summed E-state index contributed by atoms with van der Waals surface area (Å²) in [5, 5.41) is 0. The number of aromatic nitrogens is 3. The van der Waals surface area contributed by atoms with Crippen LogP contribution in [0.5, 0.6) is 0 Å². The van der Waals surface area contributed by atoms with Gasteiger partial charge in [-0.3, -0.25) is 0 Å². The average molecular weight is 242 g/mol. The van der Waals surface area contributed by atoms with Crippen LogP contribution < -0.4 is 5.73 Å². The van der Waals surface area contributed by atoms with Crippen molar-refractivity contribution in [2.24, 2.45) is 0 Å². The van der Waals surface area contributed by atoms with Crippen molar-refractivity contribution in [3.8, 4) is 0 Å². The highest BCUT2D eigenvalue weighted by Crippen LogP contribution is 2.28. The van der Waals surface area contributed by atoms with Gasteiger partial charge < -0.3 is 5.73 Å². The van der Waals surface area contributed by atoms with Crippen LogP contribution in [0.3, 0.4) is 0 Å². The van der Waals surface area contributed by atoms with Crippen molar-refractivity contribution < 1.29 is 0 Å². The molecule has 4 nitrogen and oxygen atoms in total. The largest absolute Gasteiger partial charge is 0.368 e. The van der Waals surface area contributed by atoms with E-state index in [1.54, 1.807) is 0 Å². The summed E-state index contributed by atoms with van der Waals surface area (Å²) < 4.78 is 0. The van der Waals surface area contributed by atoms with E-state index in [1.807, 2.05) is 25.1 Å². The van der Waals surface area contributed by atoms with E-state index in [0.29, 0.717) is 5.95 Å². The summed E-state index contributed by atoms with van der Waals surface area (Å²) in [5.41, 5.74) is 6.64. The molecule has 0 bridgehead atoms. The Morgan fingerprint density at radius 2 is 1.72 bits per heavy atom. The molecule has 1 heterocycles. The molecule has 0 amide bonds. The fraction of sp³-hybridized carbons (Fsp3) is 0.357. The van der Waals surface area contributed by atoms with Gasteiger partial charge in [0.05, 0.1) is 0 Å². The van der Waals surface area contributed by atoms with Crippen LogP contribution in [-0.2, 0) is 11.8 Å². The SMILES string of the molecule is CCc1nc(N)nc(C(C)(C)c2ccccc2)n1. The molecule has 94 valence electrons. The fourth-order valence-corrected chi connectivity index (χ4v) is 1.86. The molecule has 0 radical (unpaired) electrons. The Kier molecular flexibility index (Phi) is 3.28. The molecular weight excluding hydrogens is 224 g/mol. The lowest BCUT2D eigenvalue weighted by Crippen LogP contribution is -2.24. The van der Waals surface area contributed by atoms with Crippen LogP contribution in [0.4, 0.5) is 5.95 Å². The van der Waals surface area contributed by atoms with Gasteiger partial charge in [0.2, 0.25) is 5.95 Å². The van der Waals surface area contributed by atoms with Gasteiger partial charge in [-0.05, 0) is 19.4 Å². The molecule has 1 aromatic heterocycles. The van der Waals surface area contributed by atoms with Gasteiger partial charge in [-0.1, -0.05) is 37.3 Å². The Balaban J connectivity index is 2.50. The maximum atomic E-state index is 5.75. The molecule has 18 heavy (non-hydrogen) atoms. The van der Waals surface area contributed by atoms with Crippen molar-refractivity contribution in [3.63, 3.8) is 0 Å². The van der Waals surface area contributed by atoms with Crippen molar-refractivity contribution in [2.75, 3.05) is 5.73 Å². The summed E-state index contributed by atoms with van der Waals surface area (Å²) in [7, 11) is 0. The van der Waals surface area contributed by atoms with E-state index in [4.69, 9.17) is 5.73 Å². The molecule has 0 atom stereocenters. The number of hydrogen-bond donors (Lipinski definition) is 1. The Labute approximate surface area is 107 Å². The van der Waals surface area contributed by atoms with E-state index >= 15 is 0 Å². The Morgan fingerprint density at radius 3 is 2.33 bits per heavy atom. The first-order valence-electron chi connectivity index (χ1n) is 6.10. The first kappa shape index (κ1) is 12.5. The summed E-state index contributed by atoms with van der Waals surface area (Å²) in [6, 6.07) is 10.2. The third-order valence-corrected chi connectivity index (χ3v) is 3.07. The van der Waals surface area contributed by atoms with Gasteiger partial charge in [0, 0.05) is 11.8 Å². The summed E-state index contributed by atoms with van der Waals surface area (Å²) in [5.74, 6) is 1.75. The van der Waals surface area contributed by atoms with Crippen molar-refractivity contribution in [1.29, 1.82) is 0 Å². The van der Waals surface area contributed by atoms with E-state index < -0.39 is 0 Å². The molecule has 0 aliphatic heterocycles. The van der Waals surface area contributed by atoms with Crippen LogP contribution in [0.25, 0.3) is 0 Å². The molecule has 1 aromatic carbocycles. The molecule has 2 rings (SSSR count). The average Bonchev–Trinajstić information content (AvgIpc) is 2.39. The summed E-state index contributed by atoms with van der Waals surface area (Å²) >= 11 is 0.